The van der Waals surface area contributed by atoms with Gasteiger partial charge in [0.1, 0.15) is 0 Å². The largest absolute Gasteiger partial charge is 0.503 e. The summed E-state index contributed by atoms with van der Waals surface area (Å²) in [7, 11) is 1.53. The number of fused-ring (bicyclic) bond motifs is 1. The lowest BCUT2D eigenvalue weighted by atomic mass is 9.94. The highest BCUT2D eigenvalue weighted by Gasteiger charge is 2.45. The average molecular weight is 509 g/mol. The predicted octanol–water partition coefficient (Wildman–Crippen LogP) is 6.13. The van der Waals surface area contributed by atoms with Crippen molar-refractivity contribution in [2.75, 3.05) is 30.0 Å². The van der Waals surface area contributed by atoms with E-state index in [1.165, 1.54) is 24.9 Å². The van der Waals surface area contributed by atoms with Gasteiger partial charge in [-0.15, -0.1) is 0 Å². The molecule has 1 N–H and O–H groups in total. The molecule has 0 saturated carbocycles. The molecule has 1 fully saturated rings. The number of amides is 1. The number of ketones is 1. The Morgan fingerprint density at radius 1 is 0.974 bits per heavy atom. The van der Waals surface area contributed by atoms with E-state index in [0.29, 0.717) is 22.4 Å². The van der Waals surface area contributed by atoms with E-state index in [9.17, 15) is 14.7 Å². The summed E-state index contributed by atoms with van der Waals surface area (Å²) in [4.78, 5) is 31.3. The number of anilines is 2. The Labute approximate surface area is 220 Å². The Balaban J connectivity index is 1.44. The number of para-hydroxylation sites is 1. The molecule has 1 unspecified atom stereocenters. The monoisotopic (exact) mass is 508 g/mol. The van der Waals surface area contributed by atoms with Gasteiger partial charge in [-0.3, -0.25) is 14.5 Å². The van der Waals surface area contributed by atoms with Crippen molar-refractivity contribution in [1.82, 2.24) is 0 Å². The highest BCUT2D eigenvalue weighted by atomic mass is 16.5. The molecule has 192 valence electrons. The predicted molar refractivity (Wildman–Crippen MR) is 146 cm³/mol. The second-order valence-corrected chi connectivity index (χ2v) is 9.78. The van der Waals surface area contributed by atoms with Crippen LogP contribution in [0.25, 0.3) is 11.0 Å². The third kappa shape index (κ3) is 3.91. The molecule has 2 aliphatic rings. The van der Waals surface area contributed by atoms with E-state index in [1.54, 1.807) is 12.1 Å². The van der Waals surface area contributed by atoms with Gasteiger partial charge >= 0.3 is 0 Å². The van der Waals surface area contributed by atoms with Crippen molar-refractivity contribution in [2.24, 2.45) is 0 Å². The van der Waals surface area contributed by atoms with Crippen LogP contribution in [-0.2, 0) is 4.79 Å². The molecule has 1 amide bonds. The highest BCUT2D eigenvalue weighted by Crippen LogP contribution is 2.43. The standard InChI is InChI=1S/C31H28N2O5/c1-19-7-5-8-20(17-19)27-26(28(34)25-18-21-9-6-10-24(37-2)30(21)38-25)29(35)31(36)33(27)23-13-11-22(12-14-23)32-15-3-4-16-32/h5-14,17-18,27,35H,3-4,15-16H2,1-2H3. The molecule has 38 heavy (non-hydrogen) atoms. The SMILES string of the molecule is COc1cccc2cc(C(=O)C3=C(O)C(=O)N(c4ccc(N5CCCC5)cc4)C3c3cccc(C)c3)oc12. The maximum absolute atomic E-state index is 13.9. The molecule has 2 aliphatic heterocycles. The topological polar surface area (TPSA) is 83.2 Å². The first-order valence-electron chi connectivity index (χ1n) is 12.8. The number of aryl methyl sites for hydroxylation is 1. The molecular formula is C31H28N2O5. The Hall–Kier alpha value is -4.52. The fourth-order valence-electron chi connectivity index (χ4n) is 5.50. The van der Waals surface area contributed by atoms with Crippen molar-refractivity contribution in [2.45, 2.75) is 25.8 Å². The number of aliphatic hydroxyl groups excluding tert-OH is 1. The maximum Gasteiger partial charge on any atom is 0.294 e. The summed E-state index contributed by atoms with van der Waals surface area (Å²) in [6, 6.07) is 21.5. The number of rotatable bonds is 6. The number of hydrogen-bond acceptors (Lipinski definition) is 6. The van der Waals surface area contributed by atoms with E-state index in [1.807, 2.05) is 67.6 Å². The zero-order valence-electron chi connectivity index (χ0n) is 21.3. The van der Waals surface area contributed by atoms with Crippen molar-refractivity contribution in [1.29, 1.82) is 0 Å². The Morgan fingerprint density at radius 3 is 2.39 bits per heavy atom. The smallest absolute Gasteiger partial charge is 0.294 e. The molecule has 1 saturated heterocycles. The summed E-state index contributed by atoms with van der Waals surface area (Å²) in [6.45, 7) is 3.97. The average Bonchev–Trinajstić information content (AvgIpc) is 3.67. The fraction of sp³-hybridized carbons (Fsp3) is 0.226. The number of ether oxygens (including phenoxy) is 1. The van der Waals surface area contributed by atoms with Crippen LogP contribution in [0.1, 0.15) is 40.6 Å². The first kappa shape index (κ1) is 23.9. The first-order chi connectivity index (χ1) is 18.5. The number of methoxy groups -OCH3 is 1. The van der Waals surface area contributed by atoms with Crippen LogP contribution < -0.4 is 14.5 Å². The van der Waals surface area contributed by atoms with Gasteiger partial charge in [-0.1, -0.05) is 42.0 Å². The number of furan rings is 1. The second-order valence-electron chi connectivity index (χ2n) is 9.78. The zero-order chi connectivity index (χ0) is 26.4. The molecule has 0 bridgehead atoms. The number of hydrogen-bond donors (Lipinski definition) is 1. The molecular weight excluding hydrogens is 480 g/mol. The first-order valence-corrected chi connectivity index (χ1v) is 12.8. The van der Waals surface area contributed by atoms with E-state index in [0.717, 1.165) is 29.9 Å². The Morgan fingerprint density at radius 2 is 1.68 bits per heavy atom. The lowest BCUT2D eigenvalue weighted by Gasteiger charge is -2.27. The third-order valence-corrected chi connectivity index (χ3v) is 7.36. The van der Waals surface area contributed by atoms with Gasteiger partial charge in [0.25, 0.3) is 5.91 Å². The van der Waals surface area contributed by atoms with Crippen LogP contribution in [0.4, 0.5) is 11.4 Å². The van der Waals surface area contributed by atoms with Gasteiger partial charge < -0.3 is 19.2 Å². The second kappa shape index (κ2) is 9.41. The van der Waals surface area contributed by atoms with Gasteiger partial charge in [0.15, 0.2) is 22.9 Å². The zero-order valence-corrected chi connectivity index (χ0v) is 21.3. The molecule has 3 aromatic carbocycles. The van der Waals surface area contributed by atoms with Gasteiger partial charge in [0.2, 0.25) is 5.78 Å². The van der Waals surface area contributed by atoms with Gasteiger partial charge in [0, 0.05) is 29.9 Å². The number of aliphatic hydroxyl groups is 1. The van der Waals surface area contributed by atoms with Crippen molar-refractivity contribution in [3.05, 3.63) is 101 Å². The van der Waals surface area contributed by atoms with Crippen LogP contribution in [0.2, 0.25) is 0 Å². The van der Waals surface area contributed by atoms with Gasteiger partial charge in [-0.25, -0.2) is 0 Å². The highest BCUT2D eigenvalue weighted by molar-refractivity contribution is 6.20. The molecule has 7 heteroatoms. The lowest BCUT2D eigenvalue weighted by molar-refractivity contribution is -0.117. The minimum Gasteiger partial charge on any atom is -0.503 e. The van der Waals surface area contributed by atoms with Crippen LogP contribution in [0.15, 0.2) is 88.5 Å². The van der Waals surface area contributed by atoms with Crippen molar-refractivity contribution < 1.29 is 23.8 Å². The number of carbonyl (C=O) groups is 2. The number of benzene rings is 3. The van der Waals surface area contributed by atoms with Crippen LogP contribution in [0.3, 0.4) is 0 Å². The van der Waals surface area contributed by atoms with Gasteiger partial charge in [-0.2, -0.15) is 0 Å². The minimum atomic E-state index is -0.817. The van der Waals surface area contributed by atoms with Crippen molar-refractivity contribution in [3.8, 4) is 5.75 Å². The fourth-order valence-corrected chi connectivity index (χ4v) is 5.50. The van der Waals surface area contributed by atoms with E-state index < -0.39 is 23.5 Å². The molecule has 1 aromatic heterocycles. The molecule has 0 aliphatic carbocycles. The third-order valence-electron chi connectivity index (χ3n) is 7.36. The number of carbonyl (C=O) groups excluding carboxylic acids is 2. The van der Waals surface area contributed by atoms with Crippen molar-refractivity contribution in [3.63, 3.8) is 0 Å². The summed E-state index contributed by atoms with van der Waals surface area (Å²) in [5, 5.41) is 11.8. The summed E-state index contributed by atoms with van der Waals surface area (Å²) in [6.07, 6.45) is 2.33. The molecule has 0 spiro atoms. The summed E-state index contributed by atoms with van der Waals surface area (Å²) in [5.41, 5.74) is 3.82. The van der Waals surface area contributed by atoms with E-state index in [4.69, 9.17) is 9.15 Å². The Bertz CT molecular complexity index is 1580. The molecule has 1 atom stereocenters. The van der Waals surface area contributed by atoms with Crippen LogP contribution >= 0.6 is 0 Å². The van der Waals surface area contributed by atoms with Crippen molar-refractivity contribution >= 4 is 34.0 Å². The molecule has 6 rings (SSSR count). The number of nitrogens with zero attached hydrogens (tertiary/aromatic N) is 2. The number of Topliss-reactive ketones (excluding diaryl/α,β-unsaturated/α-hetero) is 1. The van der Waals surface area contributed by atoms with Crippen LogP contribution in [0.5, 0.6) is 5.75 Å². The molecule has 0 radical (unpaired) electrons. The summed E-state index contributed by atoms with van der Waals surface area (Å²) < 4.78 is 11.3. The van der Waals surface area contributed by atoms with Gasteiger partial charge in [-0.05, 0) is 61.7 Å². The van der Waals surface area contributed by atoms with Gasteiger partial charge in [0.05, 0.1) is 18.7 Å². The molecule has 4 aromatic rings. The summed E-state index contributed by atoms with van der Waals surface area (Å²) in [5.74, 6) is -1.21. The van der Waals surface area contributed by atoms with E-state index in [-0.39, 0.29) is 11.3 Å². The molecule has 7 nitrogen and oxygen atoms in total. The maximum atomic E-state index is 13.9. The quantitative estimate of drug-likeness (QED) is 0.315. The summed E-state index contributed by atoms with van der Waals surface area (Å²) >= 11 is 0. The van der Waals surface area contributed by atoms with Crippen LogP contribution in [-0.4, -0.2) is 37.0 Å². The molecule has 3 heterocycles. The Kier molecular flexibility index (Phi) is 5.91. The van der Waals surface area contributed by atoms with E-state index >= 15 is 0 Å². The lowest BCUT2D eigenvalue weighted by Crippen LogP contribution is -2.31. The van der Waals surface area contributed by atoms with Crippen LogP contribution in [0, 0.1) is 6.92 Å². The normalized spacial score (nSPS) is 17.6. The minimum absolute atomic E-state index is 0.0118. The van der Waals surface area contributed by atoms with E-state index in [2.05, 4.69) is 4.90 Å².